The fourth-order valence-corrected chi connectivity index (χ4v) is 5.24. The van der Waals surface area contributed by atoms with Gasteiger partial charge in [0.15, 0.2) is 5.96 Å². The third-order valence-corrected chi connectivity index (χ3v) is 7.24. The van der Waals surface area contributed by atoms with Crippen molar-refractivity contribution in [3.05, 3.63) is 12.2 Å². The van der Waals surface area contributed by atoms with E-state index in [1.807, 2.05) is 6.33 Å². The van der Waals surface area contributed by atoms with Crippen LogP contribution in [0.4, 0.5) is 0 Å². The molecule has 2 N–H and O–H groups in total. The lowest BCUT2D eigenvalue weighted by Crippen LogP contribution is -2.56. The van der Waals surface area contributed by atoms with Crippen molar-refractivity contribution in [1.29, 1.82) is 0 Å². The molecule has 33 heavy (non-hydrogen) atoms. The zero-order valence-corrected chi connectivity index (χ0v) is 22.5. The number of aryl methyl sites for hydroxylation is 1. The van der Waals surface area contributed by atoms with E-state index in [1.165, 1.54) is 32.1 Å². The Kier molecular flexibility index (Phi) is 11.1. The van der Waals surface area contributed by atoms with E-state index in [0.29, 0.717) is 5.92 Å². The number of halogens is 1. The van der Waals surface area contributed by atoms with Gasteiger partial charge in [0, 0.05) is 57.2 Å². The third-order valence-electron chi connectivity index (χ3n) is 7.24. The molecule has 1 unspecified atom stereocenters. The van der Waals surface area contributed by atoms with E-state index in [0.717, 1.165) is 90.3 Å². The van der Waals surface area contributed by atoms with Crippen LogP contribution in [0.25, 0.3) is 0 Å². The molecule has 0 aromatic carbocycles. The van der Waals surface area contributed by atoms with Crippen molar-refractivity contribution in [3.63, 3.8) is 0 Å². The van der Waals surface area contributed by atoms with E-state index in [2.05, 4.69) is 37.2 Å². The summed E-state index contributed by atoms with van der Waals surface area (Å²) in [7, 11) is 0. The average molecular weight is 576 g/mol. The molecule has 3 fully saturated rings. The van der Waals surface area contributed by atoms with Gasteiger partial charge in [0.25, 0.3) is 0 Å². The van der Waals surface area contributed by atoms with Gasteiger partial charge in [-0.25, -0.2) is 0 Å². The van der Waals surface area contributed by atoms with Crippen LogP contribution in [0.2, 0.25) is 0 Å². The molecular weight excluding hydrogens is 533 g/mol. The fraction of sp³-hybridized carbons (Fsp3) is 0.870. The molecule has 1 aromatic rings. The first-order valence-electron chi connectivity index (χ1n) is 12.6. The minimum atomic E-state index is 0. The molecule has 1 atom stereocenters. The van der Waals surface area contributed by atoms with E-state index in [-0.39, 0.29) is 29.5 Å². The van der Waals surface area contributed by atoms with Gasteiger partial charge in [0.1, 0.15) is 12.2 Å². The normalized spacial score (nSPS) is 23.8. The van der Waals surface area contributed by atoms with E-state index in [9.17, 15) is 0 Å². The quantitative estimate of drug-likeness (QED) is 0.265. The van der Waals surface area contributed by atoms with Crippen molar-refractivity contribution in [2.45, 2.75) is 64.0 Å². The molecule has 0 spiro atoms. The molecule has 0 bridgehead atoms. The lowest BCUT2D eigenvalue weighted by atomic mass is 9.80. The molecule has 0 amide bonds. The number of morpholine rings is 1. The molecule has 9 nitrogen and oxygen atoms in total. The standard InChI is InChI=1S/C23H41N7O2.HI/c1-2-21-28-27-19-29(21)10-9-24-22(25-16-20-6-13-32-17-20)26-18-23(7-4-3-5-8-23)30-11-14-31-15-12-30;/h19-20H,2-18H2,1H3,(H2,24,25,26);1H. The minimum Gasteiger partial charge on any atom is -0.381 e. The smallest absolute Gasteiger partial charge is 0.191 e. The summed E-state index contributed by atoms with van der Waals surface area (Å²) in [5.74, 6) is 2.51. The molecule has 2 saturated heterocycles. The highest BCUT2D eigenvalue weighted by Gasteiger charge is 2.38. The van der Waals surface area contributed by atoms with Crippen LogP contribution in [0.5, 0.6) is 0 Å². The maximum atomic E-state index is 5.64. The number of ether oxygens (including phenoxy) is 2. The number of nitrogens with one attached hydrogen (secondary N) is 2. The van der Waals surface area contributed by atoms with Crippen LogP contribution >= 0.6 is 24.0 Å². The summed E-state index contributed by atoms with van der Waals surface area (Å²) in [6, 6.07) is 0. The Morgan fingerprint density at radius 2 is 1.97 bits per heavy atom. The van der Waals surface area contributed by atoms with Crippen LogP contribution < -0.4 is 10.6 Å². The summed E-state index contributed by atoms with van der Waals surface area (Å²) in [6.07, 6.45) is 10.3. The largest absolute Gasteiger partial charge is 0.381 e. The fourth-order valence-electron chi connectivity index (χ4n) is 5.24. The Morgan fingerprint density at radius 1 is 1.15 bits per heavy atom. The molecule has 10 heteroatoms. The predicted molar refractivity (Wildman–Crippen MR) is 140 cm³/mol. The summed E-state index contributed by atoms with van der Waals surface area (Å²) in [5, 5.41) is 15.4. The Bertz CT molecular complexity index is 711. The van der Waals surface area contributed by atoms with Crippen LogP contribution in [-0.4, -0.2) is 90.3 Å². The minimum absolute atomic E-state index is 0. The van der Waals surface area contributed by atoms with Crippen molar-refractivity contribution < 1.29 is 9.47 Å². The second-order valence-electron chi connectivity index (χ2n) is 9.38. The highest BCUT2D eigenvalue weighted by molar-refractivity contribution is 14.0. The van der Waals surface area contributed by atoms with E-state index >= 15 is 0 Å². The maximum absolute atomic E-state index is 5.64. The second-order valence-corrected chi connectivity index (χ2v) is 9.38. The van der Waals surface area contributed by atoms with Gasteiger partial charge in [-0.2, -0.15) is 0 Å². The predicted octanol–water partition coefficient (Wildman–Crippen LogP) is 2.07. The van der Waals surface area contributed by atoms with Gasteiger partial charge in [0.2, 0.25) is 0 Å². The van der Waals surface area contributed by atoms with Crippen LogP contribution in [0.3, 0.4) is 0 Å². The van der Waals surface area contributed by atoms with Gasteiger partial charge >= 0.3 is 0 Å². The van der Waals surface area contributed by atoms with Crippen molar-refractivity contribution in [1.82, 2.24) is 30.3 Å². The topological polar surface area (TPSA) is 88.8 Å². The Hall–Kier alpha value is -0.980. The summed E-state index contributed by atoms with van der Waals surface area (Å²) in [5.41, 5.74) is 0.177. The Labute approximate surface area is 215 Å². The zero-order valence-electron chi connectivity index (χ0n) is 20.1. The first-order chi connectivity index (χ1) is 15.8. The van der Waals surface area contributed by atoms with Gasteiger partial charge in [-0.3, -0.25) is 9.89 Å². The lowest BCUT2D eigenvalue weighted by molar-refractivity contribution is -0.0333. The molecule has 1 saturated carbocycles. The second kappa shape index (κ2) is 13.8. The van der Waals surface area contributed by atoms with Crippen LogP contribution in [-0.2, 0) is 22.4 Å². The van der Waals surface area contributed by atoms with Gasteiger partial charge in [0.05, 0.1) is 26.4 Å². The number of hydrogen-bond donors (Lipinski definition) is 2. The van der Waals surface area contributed by atoms with E-state index in [1.54, 1.807) is 0 Å². The first kappa shape index (κ1) is 26.6. The van der Waals surface area contributed by atoms with Gasteiger partial charge in [-0.1, -0.05) is 26.2 Å². The van der Waals surface area contributed by atoms with Gasteiger partial charge < -0.3 is 24.7 Å². The van der Waals surface area contributed by atoms with E-state index in [4.69, 9.17) is 14.5 Å². The van der Waals surface area contributed by atoms with Crippen molar-refractivity contribution in [3.8, 4) is 0 Å². The molecule has 0 radical (unpaired) electrons. The molecule has 2 aliphatic heterocycles. The molecule has 1 aromatic heterocycles. The van der Waals surface area contributed by atoms with Gasteiger partial charge in [-0.05, 0) is 19.3 Å². The molecule has 3 aliphatic rings. The van der Waals surface area contributed by atoms with Crippen LogP contribution in [0.15, 0.2) is 11.3 Å². The lowest BCUT2D eigenvalue weighted by Gasteiger charge is -2.47. The SMILES string of the molecule is CCc1nncn1CCNC(=NCC1(N2CCOCC2)CCCCC1)NCC1CCOC1.I. The maximum Gasteiger partial charge on any atom is 0.191 e. The summed E-state index contributed by atoms with van der Waals surface area (Å²) in [6.45, 7) is 10.9. The van der Waals surface area contributed by atoms with Crippen molar-refractivity contribution >= 4 is 29.9 Å². The number of hydrogen-bond acceptors (Lipinski definition) is 6. The highest BCUT2D eigenvalue weighted by atomic mass is 127. The average Bonchev–Trinajstić information content (AvgIpc) is 3.53. The first-order valence-corrected chi connectivity index (χ1v) is 12.6. The third kappa shape index (κ3) is 7.50. The number of aliphatic imine (C=N–C) groups is 1. The number of guanidine groups is 1. The number of nitrogens with zero attached hydrogens (tertiary/aromatic N) is 5. The zero-order chi connectivity index (χ0) is 22.1. The van der Waals surface area contributed by atoms with Crippen molar-refractivity contribution in [2.75, 3.05) is 59.2 Å². The summed E-state index contributed by atoms with van der Waals surface area (Å²) < 4.78 is 13.3. The monoisotopic (exact) mass is 575 g/mol. The molecule has 188 valence electrons. The summed E-state index contributed by atoms with van der Waals surface area (Å²) in [4.78, 5) is 7.81. The number of rotatable bonds is 9. The molecule has 4 rings (SSSR count). The molecule has 3 heterocycles. The highest BCUT2D eigenvalue weighted by Crippen LogP contribution is 2.34. The van der Waals surface area contributed by atoms with E-state index < -0.39 is 0 Å². The van der Waals surface area contributed by atoms with Crippen molar-refractivity contribution in [2.24, 2.45) is 10.9 Å². The summed E-state index contributed by atoms with van der Waals surface area (Å²) >= 11 is 0. The van der Waals surface area contributed by atoms with Crippen LogP contribution in [0, 0.1) is 5.92 Å². The van der Waals surface area contributed by atoms with Crippen LogP contribution in [0.1, 0.15) is 51.3 Å². The molecule has 1 aliphatic carbocycles. The van der Waals surface area contributed by atoms with Gasteiger partial charge in [-0.15, -0.1) is 34.2 Å². The molecular formula is C23H42IN7O2. The Balaban J connectivity index is 0.00000306. The Morgan fingerprint density at radius 3 is 2.70 bits per heavy atom. The number of aromatic nitrogens is 3.